The van der Waals surface area contributed by atoms with Crippen molar-refractivity contribution in [3.8, 4) is 5.75 Å². The Bertz CT molecular complexity index is 1790. The van der Waals surface area contributed by atoms with Gasteiger partial charge >= 0.3 is 11.4 Å². The first-order valence-electron chi connectivity index (χ1n) is 13.2. The minimum atomic E-state index is -2.39. The molecule has 1 heterocycles. The van der Waals surface area contributed by atoms with E-state index >= 15 is 0 Å². The minimum absolute atomic E-state index is 0.0603. The highest BCUT2D eigenvalue weighted by molar-refractivity contribution is 7.92. The number of hydrogen-bond donors (Lipinski definition) is 1. The summed E-state index contributed by atoms with van der Waals surface area (Å²) in [6.45, 7) is 8.18. The van der Waals surface area contributed by atoms with Crippen molar-refractivity contribution in [1.82, 2.24) is 14.1 Å². The summed E-state index contributed by atoms with van der Waals surface area (Å²) >= 11 is 6.30. The van der Waals surface area contributed by atoms with Gasteiger partial charge in [-0.3, -0.25) is 4.57 Å². The third-order valence-electron chi connectivity index (χ3n) is 7.11. The summed E-state index contributed by atoms with van der Waals surface area (Å²) in [6.07, 6.45) is 7.72. The SMILES string of the molecule is COc1cc(N=S(C)(C)=O)ccc1Nc1nc(=O)n(C2C=C(C)C=C(C)[C@@H](C)C2)c(=O)n1Cc1cc(Cl)ccc1C. The molecule has 1 aliphatic carbocycles. The Morgan fingerprint density at radius 2 is 1.88 bits per heavy atom. The van der Waals surface area contributed by atoms with Crippen LogP contribution in [0.15, 0.2) is 73.6 Å². The van der Waals surface area contributed by atoms with E-state index in [1.165, 1.54) is 21.8 Å². The zero-order valence-electron chi connectivity index (χ0n) is 24.4. The molecule has 1 aliphatic rings. The molecule has 0 saturated carbocycles. The number of ether oxygens (including phenoxy) is 1. The van der Waals surface area contributed by atoms with Crippen LogP contribution in [0, 0.1) is 12.8 Å². The maximum absolute atomic E-state index is 14.2. The number of nitrogens with zero attached hydrogens (tertiary/aromatic N) is 4. The monoisotopic (exact) mass is 597 g/mol. The highest BCUT2D eigenvalue weighted by atomic mass is 35.5. The average Bonchev–Trinajstić information content (AvgIpc) is 2.99. The number of halogens is 1. The van der Waals surface area contributed by atoms with Gasteiger partial charge in [-0.15, -0.1) is 0 Å². The largest absolute Gasteiger partial charge is 0.494 e. The van der Waals surface area contributed by atoms with E-state index in [-0.39, 0.29) is 18.4 Å². The van der Waals surface area contributed by atoms with Crippen LogP contribution < -0.4 is 21.4 Å². The van der Waals surface area contributed by atoms with Crippen molar-refractivity contribution in [2.75, 3.05) is 24.9 Å². The van der Waals surface area contributed by atoms with E-state index in [2.05, 4.69) is 34.6 Å². The first-order chi connectivity index (χ1) is 19.3. The van der Waals surface area contributed by atoms with Gasteiger partial charge in [0.05, 0.1) is 31.1 Å². The number of anilines is 2. The van der Waals surface area contributed by atoms with Crippen molar-refractivity contribution in [2.24, 2.45) is 10.3 Å². The van der Waals surface area contributed by atoms with Crippen LogP contribution in [0.3, 0.4) is 0 Å². The number of rotatable bonds is 7. The van der Waals surface area contributed by atoms with E-state index < -0.39 is 27.2 Å². The molecule has 3 aromatic rings. The molecule has 1 N–H and O–H groups in total. The molecular formula is C30H36ClN5O4S. The fourth-order valence-corrected chi connectivity index (χ4v) is 5.69. The quantitative estimate of drug-likeness (QED) is 0.358. The predicted octanol–water partition coefficient (Wildman–Crippen LogP) is 6.00. The Hall–Kier alpha value is -3.63. The second-order valence-electron chi connectivity index (χ2n) is 10.8. The number of methoxy groups -OCH3 is 1. The molecule has 41 heavy (non-hydrogen) atoms. The van der Waals surface area contributed by atoms with Crippen molar-refractivity contribution < 1.29 is 8.95 Å². The molecule has 0 spiro atoms. The molecule has 9 nitrogen and oxygen atoms in total. The number of nitrogens with one attached hydrogen (secondary N) is 1. The minimum Gasteiger partial charge on any atom is -0.494 e. The van der Waals surface area contributed by atoms with Gasteiger partial charge in [0, 0.05) is 33.3 Å². The third kappa shape index (κ3) is 7.18. The van der Waals surface area contributed by atoms with E-state index in [0.29, 0.717) is 28.6 Å². The lowest BCUT2D eigenvalue weighted by molar-refractivity contribution is 0.416. The molecule has 0 fully saturated rings. The number of aromatic nitrogens is 3. The van der Waals surface area contributed by atoms with Crippen LogP contribution in [0.4, 0.5) is 17.3 Å². The summed E-state index contributed by atoms with van der Waals surface area (Å²) in [5.41, 5.74) is 3.73. The third-order valence-corrected chi connectivity index (χ3v) is 8.00. The summed E-state index contributed by atoms with van der Waals surface area (Å²) in [5, 5.41) is 3.67. The van der Waals surface area contributed by atoms with Crippen LogP contribution in [0.1, 0.15) is 44.4 Å². The van der Waals surface area contributed by atoms with Gasteiger partial charge in [-0.25, -0.2) is 18.4 Å². The van der Waals surface area contributed by atoms with Gasteiger partial charge < -0.3 is 10.1 Å². The molecule has 2 atom stereocenters. The molecule has 0 saturated heterocycles. The summed E-state index contributed by atoms with van der Waals surface area (Å²) in [5.74, 6) is 0.622. The number of allylic oxidation sites excluding steroid dienone is 4. The summed E-state index contributed by atoms with van der Waals surface area (Å²) in [4.78, 5) is 32.0. The Morgan fingerprint density at radius 1 is 1.15 bits per heavy atom. The normalized spacial score (nSPS) is 17.4. The lowest BCUT2D eigenvalue weighted by Gasteiger charge is -2.22. The maximum Gasteiger partial charge on any atom is 0.355 e. The van der Waals surface area contributed by atoms with Crippen LogP contribution in [0.25, 0.3) is 0 Å². The van der Waals surface area contributed by atoms with Gasteiger partial charge in [-0.2, -0.15) is 9.35 Å². The highest BCUT2D eigenvalue weighted by Crippen LogP contribution is 2.32. The molecule has 0 amide bonds. The number of aryl methyl sites for hydroxylation is 1. The fraction of sp³-hybridized carbons (Fsp3) is 0.367. The summed E-state index contributed by atoms with van der Waals surface area (Å²) in [7, 11) is -0.894. The Kier molecular flexibility index (Phi) is 8.94. The molecular weight excluding hydrogens is 562 g/mol. The Morgan fingerprint density at radius 3 is 2.56 bits per heavy atom. The number of hydrogen-bond acceptors (Lipinski definition) is 7. The smallest absolute Gasteiger partial charge is 0.355 e. The van der Waals surface area contributed by atoms with E-state index in [4.69, 9.17) is 16.3 Å². The molecule has 4 rings (SSSR count). The Labute approximate surface area is 245 Å². The van der Waals surface area contributed by atoms with Gasteiger partial charge in [0.1, 0.15) is 5.75 Å². The zero-order chi connectivity index (χ0) is 30.1. The summed E-state index contributed by atoms with van der Waals surface area (Å²) < 4.78 is 24.6. The molecule has 0 aliphatic heterocycles. The molecule has 11 heteroatoms. The topological polar surface area (TPSA) is 108 Å². The van der Waals surface area contributed by atoms with Crippen LogP contribution in [0.2, 0.25) is 5.02 Å². The fourth-order valence-electron chi connectivity index (χ4n) is 4.87. The highest BCUT2D eigenvalue weighted by Gasteiger charge is 2.24. The first kappa shape index (κ1) is 30.3. The molecule has 218 valence electrons. The molecule has 2 aromatic carbocycles. The maximum atomic E-state index is 14.2. The lowest BCUT2D eigenvalue weighted by Crippen LogP contribution is -2.44. The van der Waals surface area contributed by atoms with Crippen molar-refractivity contribution in [3.63, 3.8) is 0 Å². The average molecular weight is 598 g/mol. The standard InChI is InChI=1S/C30H36ClN5O4S/c1-18-12-20(3)21(4)14-25(13-18)36-29(37)33-28(35(30(36)38)17-22-15-23(31)9-8-19(22)2)32-26-11-10-24(16-27(26)40-5)34-41(6,7)39/h8-13,15-16,21,25H,14,17H2,1-7H3,(H,32,33,37)/t21-,25?/m0/s1. The van der Waals surface area contributed by atoms with Crippen LogP contribution in [-0.2, 0) is 16.3 Å². The van der Waals surface area contributed by atoms with E-state index in [1.807, 2.05) is 26.0 Å². The Balaban J connectivity index is 1.88. The molecule has 1 unspecified atom stereocenters. The van der Waals surface area contributed by atoms with Gasteiger partial charge in [0.25, 0.3) is 0 Å². The van der Waals surface area contributed by atoms with Crippen molar-refractivity contribution in [3.05, 3.63) is 96.8 Å². The van der Waals surface area contributed by atoms with Crippen LogP contribution in [-0.4, -0.2) is 37.9 Å². The summed E-state index contributed by atoms with van der Waals surface area (Å²) in [6, 6.07) is 10.0. The van der Waals surface area contributed by atoms with E-state index in [9.17, 15) is 13.8 Å². The second-order valence-corrected chi connectivity index (χ2v) is 13.8. The van der Waals surface area contributed by atoms with Gasteiger partial charge in [-0.1, -0.05) is 47.9 Å². The van der Waals surface area contributed by atoms with Crippen molar-refractivity contribution in [2.45, 2.75) is 46.7 Å². The van der Waals surface area contributed by atoms with E-state index in [1.54, 1.807) is 42.8 Å². The molecule has 0 radical (unpaired) electrons. The van der Waals surface area contributed by atoms with Gasteiger partial charge in [0.15, 0.2) is 0 Å². The predicted molar refractivity (Wildman–Crippen MR) is 167 cm³/mol. The van der Waals surface area contributed by atoms with Crippen molar-refractivity contribution >= 4 is 38.7 Å². The van der Waals surface area contributed by atoms with Crippen LogP contribution >= 0.6 is 11.6 Å². The zero-order valence-corrected chi connectivity index (χ0v) is 26.0. The van der Waals surface area contributed by atoms with Gasteiger partial charge in [-0.05, 0) is 68.5 Å². The van der Waals surface area contributed by atoms with E-state index in [0.717, 1.165) is 16.7 Å². The number of benzene rings is 2. The first-order valence-corrected chi connectivity index (χ1v) is 15.9. The van der Waals surface area contributed by atoms with Crippen molar-refractivity contribution in [1.29, 1.82) is 0 Å². The molecule has 0 bridgehead atoms. The lowest BCUT2D eigenvalue weighted by atomic mass is 9.96. The molecule has 1 aromatic heterocycles. The van der Waals surface area contributed by atoms with Crippen LogP contribution in [0.5, 0.6) is 5.75 Å². The van der Waals surface area contributed by atoms with Gasteiger partial charge in [0.2, 0.25) is 5.95 Å². The second kappa shape index (κ2) is 12.1.